The van der Waals surface area contributed by atoms with E-state index in [0.29, 0.717) is 23.9 Å². The number of aromatic nitrogens is 5. The van der Waals surface area contributed by atoms with Gasteiger partial charge in [0, 0.05) is 49.4 Å². The molecule has 1 amide bonds. The van der Waals surface area contributed by atoms with Crippen LogP contribution in [0.1, 0.15) is 18.2 Å². The smallest absolute Gasteiger partial charge is 0.322 e. The summed E-state index contributed by atoms with van der Waals surface area (Å²) < 4.78 is 8.08. The van der Waals surface area contributed by atoms with E-state index in [1.807, 2.05) is 56.4 Å². The van der Waals surface area contributed by atoms with Crippen LogP contribution in [-0.4, -0.2) is 37.5 Å². The number of aryl methyl sites for hydroxylation is 2. The first kappa shape index (κ1) is 24.3. The molecule has 3 aromatic heterocycles. The van der Waals surface area contributed by atoms with Gasteiger partial charge < -0.3 is 19.5 Å². The molecule has 1 N–H and O–H groups in total. The quantitative estimate of drug-likeness (QED) is 0.301. The Bertz CT molecular complexity index is 1770. The van der Waals surface area contributed by atoms with Gasteiger partial charge in [-0.3, -0.25) is 4.79 Å². The predicted octanol–water partition coefficient (Wildman–Crippen LogP) is 5.66. The molecule has 194 valence electrons. The lowest BCUT2D eigenvalue weighted by atomic mass is 9.95. The van der Waals surface area contributed by atoms with E-state index >= 15 is 0 Å². The van der Waals surface area contributed by atoms with E-state index in [-0.39, 0.29) is 5.91 Å². The molecule has 0 atom stereocenters. The van der Waals surface area contributed by atoms with Crippen molar-refractivity contribution in [3.63, 3.8) is 0 Å². The van der Waals surface area contributed by atoms with Crippen molar-refractivity contribution in [2.75, 3.05) is 17.3 Å². The van der Waals surface area contributed by atoms with Crippen molar-refractivity contribution in [3.05, 3.63) is 84.5 Å². The van der Waals surface area contributed by atoms with Crippen molar-refractivity contribution in [1.29, 1.82) is 0 Å². The van der Waals surface area contributed by atoms with Gasteiger partial charge in [-0.15, -0.1) is 0 Å². The van der Waals surface area contributed by atoms with Crippen LogP contribution in [0.3, 0.4) is 0 Å². The van der Waals surface area contributed by atoms with E-state index in [2.05, 4.69) is 42.5 Å². The first-order valence-corrected chi connectivity index (χ1v) is 12.5. The van der Waals surface area contributed by atoms with Crippen LogP contribution in [0.2, 0.25) is 0 Å². The predicted molar refractivity (Wildman–Crippen MR) is 152 cm³/mol. The minimum absolute atomic E-state index is 0.118. The molecular weight excluding hydrogens is 490 g/mol. The zero-order chi connectivity index (χ0) is 27.3. The van der Waals surface area contributed by atoms with E-state index in [0.717, 1.165) is 56.2 Å². The Morgan fingerprint density at radius 3 is 2.64 bits per heavy atom. The van der Waals surface area contributed by atoms with E-state index < -0.39 is 0 Å². The summed E-state index contributed by atoms with van der Waals surface area (Å²) in [5.74, 6) is 1.32. The van der Waals surface area contributed by atoms with Gasteiger partial charge in [-0.1, -0.05) is 24.8 Å². The largest absolute Gasteiger partial charge is 0.424 e. The van der Waals surface area contributed by atoms with E-state index in [4.69, 9.17) is 4.74 Å². The number of hydrogen-bond acceptors (Lipinski definition) is 7. The summed E-state index contributed by atoms with van der Waals surface area (Å²) in [4.78, 5) is 31.8. The first-order valence-electron chi connectivity index (χ1n) is 12.5. The van der Waals surface area contributed by atoms with Gasteiger partial charge in [0.2, 0.25) is 0 Å². The number of nitrogens with one attached hydrogen (secondary N) is 1. The number of likely N-dealkylation sites (N-methyl/N-ethyl adjacent to an activating group) is 1. The van der Waals surface area contributed by atoms with Crippen molar-refractivity contribution in [2.24, 2.45) is 7.05 Å². The number of benzene rings is 2. The maximum atomic E-state index is 12.4. The summed E-state index contributed by atoms with van der Waals surface area (Å²) in [6.07, 6.45) is 3.27. The van der Waals surface area contributed by atoms with Crippen LogP contribution in [-0.2, 0) is 18.4 Å². The highest BCUT2D eigenvalue weighted by Gasteiger charge is 2.27. The van der Waals surface area contributed by atoms with E-state index in [9.17, 15) is 4.79 Å². The van der Waals surface area contributed by atoms with Crippen molar-refractivity contribution >= 4 is 28.4 Å². The third-order valence-corrected chi connectivity index (χ3v) is 6.94. The number of ether oxygens (including phenoxy) is 1. The first-order chi connectivity index (χ1) is 18.8. The van der Waals surface area contributed by atoms with Gasteiger partial charge in [-0.05, 0) is 60.9 Å². The van der Waals surface area contributed by atoms with Crippen LogP contribution in [0, 0.1) is 6.92 Å². The summed E-state index contributed by atoms with van der Waals surface area (Å²) in [7, 11) is 3.76. The van der Waals surface area contributed by atoms with Gasteiger partial charge in [0.05, 0.1) is 11.1 Å². The molecule has 4 heterocycles. The summed E-state index contributed by atoms with van der Waals surface area (Å²) >= 11 is 0. The molecule has 2 aromatic carbocycles. The average Bonchev–Trinajstić information content (AvgIpc) is 3.13. The molecule has 6 rings (SSSR count). The van der Waals surface area contributed by atoms with Crippen LogP contribution in [0.5, 0.6) is 11.8 Å². The topological polar surface area (TPSA) is 98.1 Å². The fourth-order valence-corrected chi connectivity index (χ4v) is 5.02. The van der Waals surface area contributed by atoms with Crippen molar-refractivity contribution in [2.45, 2.75) is 20.4 Å². The molecule has 0 saturated carbocycles. The third kappa shape index (κ3) is 4.17. The molecule has 5 aromatic rings. The third-order valence-electron chi connectivity index (χ3n) is 6.94. The molecule has 9 nitrogen and oxygen atoms in total. The molecule has 0 fully saturated rings. The number of fused-ring (bicyclic) bond motifs is 2. The Labute approximate surface area is 225 Å². The number of carbonyl (C=O) groups is 1. The number of nitrogens with zero attached hydrogens (tertiary/aromatic N) is 6. The summed E-state index contributed by atoms with van der Waals surface area (Å²) in [5.41, 5.74) is 8.11. The van der Waals surface area contributed by atoms with Crippen molar-refractivity contribution in [3.8, 4) is 34.1 Å². The maximum Gasteiger partial charge on any atom is 0.322 e. The van der Waals surface area contributed by atoms with Crippen LogP contribution in [0.25, 0.3) is 33.4 Å². The number of hydrogen-bond donors (Lipinski definition) is 1. The zero-order valence-corrected chi connectivity index (χ0v) is 22.2. The van der Waals surface area contributed by atoms with Gasteiger partial charge in [-0.25, -0.2) is 19.9 Å². The van der Waals surface area contributed by atoms with Gasteiger partial charge in [-0.2, -0.15) is 0 Å². The highest BCUT2D eigenvalue weighted by atomic mass is 16.5. The Kier molecular flexibility index (Phi) is 5.83. The van der Waals surface area contributed by atoms with Crippen LogP contribution < -0.4 is 15.0 Å². The minimum Gasteiger partial charge on any atom is -0.424 e. The van der Waals surface area contributed by atoms with Crippen molar-refractivity contribution in [1.82, 2.24) is 24.5 Å². The SMILES string of the molecule is C=C(C)C(=O)N(C)c1ccc(-c2c3c4c(ncnc4n2C)NCc2cc(Oc4nccc(C)n4)ccc2-3)cc1. The van der Waals surface area contributed by atoms with Gasteiger partial charge in [0.25, 0.3) is 5.91 Å². The highest BCUT2D eigenvalue weighted by molar-refractivity contribution is 6.10. The molecule has 1 aliphatic rings. The van der Waals surface area contributed by atoms with Crippen LogP contribution in [0.4, 0.5) is 11.5 Å². The minimum atomic E-state index is -0.118. The number of rotatable bonds is 5. The second kappa shape index (κ2) is 9.36. The number of anilines is 2. The molecule has 0 unspecified atom stereocenters. The van der Waals surface area contributed by atoms with E-state index in [1.165, 1.54) is 0 Å². The molecular formula is C30H27N7O2. The molecule has 1 aliphatic heterocycles. The standard InChI is InChI=1S/C30H27N7O2/c1-17(2)29(38)36(4)21-8-6-19(7-9-21)26-24-23-11-10-22(39-30-31-13-12-18(3)35-30)14-20(23)15-32-27-25(24)28(37(26)5)34-16-33-27/h6-14,16H,1,15H2,2-5H3,(H,32,33,34). The Hall–Kier alpha value is -5.05. The maximum absolute atomic E-state index is 12.4. The van der Waals surface area contributed by atoms with Gasteiger partial charge in [0.1, 0.15) is 23.5 Å². The second-order valence-corrected chi connectivity index (χ2v) is 9.65. The van der Waals surface area contributed by atoms with Crippen molar-refractivity contribution < 1.29 is 9.53 Å². The Morgan fingerprint density at radius 2 is 1.90 bits per heavy atom. The lowest BCUT2D eigenvalue weighted by Gasteiger charge is -2.18. The zero-order valence-electron chi connectivity index (χ0n) is 22.2. The summed E-state index contributed by atoms with van der Waals surface area (Å²) in [5, 5.41) is 4.44. The normalized spacial score (nSPS) is 11.9. The lowest BCUT2D eigenvalue weighted by Crippen LogP contribution is -2.26. The molecule has 0 aliphatic carbocycles. The van der Waals surface area contributed by atoms with Crippen LogP contribution >= 0.6 is 0 Å². The molecule has 0 bridgehead atoms. The highest BCUT2D eigenvalue weighted by Crippen LogP contribution is 2.46. The fraction of sp³-hybridized carbons (Fsp3) is 0.167. The molecule has 0 radical (unpaired) electrons. The van der Waals surface area contributed by atoms with E-state index in [1.54, 1.807) is 31.4 Å². The average molecular weight is 518 g/mol. The van der Waals surface area contributed by atoms with Gasteiger partial charge in [0.15, 0.2) is 0 Å². The Balaban J connectivity index is 1.47. The molecule has 0 spiro atoms. The monoisotopic (exact) mass is 517 g/mol. The number of carbonyl (C=O) groups excluding carboxylic acids is 1. The molecule has 0 saturated heterocycles. The van der Waals surface area contributed by atoms with Gasteiger partial charge >= 0.3 is 6.01 Å². The van der Waals surface area contributed by atoms with Crippen LogP contribution in [0.15, 0.2) is 73.2 Å². The Morgan fingerprint density at radius 1 is 1.10 bits per heavy atom. The fourth-order valence-electron chi connectivity index (χ4n) is 5.02. The number of amides is 1. The summed E-state index contributed by atoms with van der Waals surface area (Å²) in [6.45, 7) is 7.96. The molecule has 39 heavy (non-hydrogen) atoms. The molecule has 9 heteroatoms. The lowest BCUT2D eigenvalue weighted by molar-refractivity contribution is -0.114. The summed E-state index contributed by atoms with van der Waals surface area (Å²) in [6, 6.07) is 16.1. The second-order valence-electron chi connectivity index (χ2n) is 9.65.